The summed E-state index contributed by atoms with van der Waals surface area (Å²) in [7, 11) is -3.36. The first kappa shape index (κ1) is 12.8. The summed E-state index contributed by atoms with van der Waals surface area (Å²) in [5.74, 6) is -0.458. The third-order valence-electron chi connectivity index (χ3n) is 1.53. The zero-order valence-electron chi connectivity index (χ0n) is 7.78. The molecule has 76 valence electrons. The van der Waals surface area contributed by atoms with Gasteiger partial charge in [0.15, 0.2) is 5.75 Å². The Morgan fingerprint density at radius 1 is 1.62 bits per heavy atom. The van der Waals surface area contributed by atoms with Crippen LogP contribution in [0.5, 0.6) is 0 Å². The minimum absolute atomic E-state index is 0.409. The summed E-state index contributed by atoms with van der Waals surface area (Å²) in [6, 6.07) is 1.60. The molecule has 0 heterocycles. The molecule has 4 nitrogen and oxygen atoms in total. The van der Waals surface area contributed by atoms with Crippen molar-refractivity contribution in [1.29, 1.82) is 5.26 Å². The number of thioether (sulfide) groups is 1. The maximum atomic E-state index is 11.0. The molecule has 0 amide bonds. The van der Waals surface area contributed by atoms with Gasteiger partial charge in [-0.2, -0.15) is 17.0 Å². The smallest absolute Gasteiger partial charge is 0.214 e. The van der Waals surface area contributed by atoms with Crippen molar-refractivity contribution in [1.82, 2.24) is 4.72 Å². The van der Waals surface area contributed by atoms with Crippen LogP contribution in [0.15, 0.2) is 0 Å². The molecule has 13 heavy (non-hydrogen) atoms. The van der Waals surface area contributed by atoms with E-state index in [9.17, 15) is 8.42 Å². The number of nitrogens with zero attached hydrogens (tertiary/aromatic N) is 1. The van der Waals surface area contributed by atoms with Gasteiger partial charge in [-0.15, -0.1) is 0 Å². The van der Waals surface area contributed by atoms with Gasteiger partial charge in [0.05, 0.1) is 6.07 Å². The van der Waals surface area contributed by atoms with Crippen molar-refractivity contribution in [2.75, 3.05) is 18.6 Å². The summed E-state index contributed by atoms with van der Waals surface area (Å²) in [5, 5.41) is 8.62. The lowest BCUT2D eigenvalue weighted by atomic mass is 10.3. The average molecular weight is 222 g/mol. The minimum atomic E-state index is -3.36. The van der Waals surface area contributed by atoms with Crippen molar-refractivity contribution in [2.24, 2.45) is 0 Å². The van der Waals surface area contributed by atoms with E-state index in [1.807, 2.05) is 13.2 Å². The monoisotopic (exact) mass is 222 g/mol. The highest BCUT2D eigenvalue weighted by atomic mass is 32.2. The van der Waals surface area contributed by atoms with Crippen molar-refractivity contribution in [3.05, 3.63) is 0 Å². The van der Waals surface area contributed by atoms with Crippen molar-refractivity contribution in [3.63, 3.8) is 0 Å². The van der Waals surface area contributed by atoms with Crippen LogP contribution >= 0.6 is 11.8 Å². The SMILES string of the molecule is CSC(C)CCNS(=O)(=O)CC#N. The van der Waals surface area contributed by atoms with Gasteiger partial charge < -0.3 is 0 Å². The Bertz CT molecular complexity index is 269. The van der Waals surface area contributed by atoms with Crippen LogP contribution < -0.4 is 4.72 Å². The second-order valence-corrected chi connectivity index (χ2v) is 5.73. The molecule has 0 fully saturated rings. The van der Waals surface area contributed by atoms with E-state index >= 15 is 0 Å². The predicted molar refractivity (Wildman–Crippen MR) is 55.0 cm³/mol. The van der Waals surface area contributed by atoms with Crippen LogP contribution in [0.1, 0.15) is 13.3 Å². The highest BCUT2D eigenvalue weighted by Crippen LogP contribution is 2.08. The zero-order chi connectivity index (χ0) is 10.3. The molecular formula is C7H14N2O2S2. The van der Waals surface area contributed by atoms with Crippen LogP contribution in [-0.4, -0.2) is 32.2 Å². The lowest BCUT2D eigenvalue weighted by molar-refractivity contribution is 0.582. The van der Waals surface area contributed by atoms with Crippen molar-refractivity contribution in [3.8, 4) is 6.07 Å². The van der Waals surface area contributed by atoms with Crippen LogP contribution in [0.4, 0.5) is 0 Å². The second-order valence-electron chi connectivity index (χ2n) is 2.65. The predicted octanol–water partition coefficient (Wildman–Crippen LogP) is 0.571. The molecule has 0 aromatic rings. The Balaban J connectivity index is 3.72. The lowest BCUT2D eigenvalue weighted by Crippen LogP contribution is -2.28. The first-order valence-electron chi connectivity index (χ1n) is 3.89. The summed E-state index contributed by atoms with van der Waals surface area (Å²) in [6.07, 6.45) is 2.76. The topological polar surface area (TPSA) is 70.0 Å². The lowest BCUT2D eigenvalue weighted by Gasteiger charge is -2.07. The number of nitrogens with one attached hydrogen (secondary N) is 1. The van der Waals surface area contributed by atoms with Crippen LogP contribution in [0, 0.1) is 11.3 Å². The summed E-state index contributed by atoms with van der Waals surface area (Å²) < 4.78 is 24.3. The Kier molecular flexibility index (Phi) is 6.12. The molecule has 1 unspecified atom stereocenters. The van der Waals surface area contributed by atoms with E-state index in [4.69, 9.17) is 5.26 Å². The van der Waals surface area contributed by atoms with Gasteiger partial charge in [-0.1, -0.05) is 6.92 Å². The molecule has 0 spiro atoms. The fraction of sp³-hybridized carbons (Fsp3) is 0.857. The average Bonchev–Trinajstić information content (AvgIpc) is 2.03. The van der Waals surface area contributed by atoms with Gasteiger partial charge in [-0.3, -0.25) is 0 Å². The highest BCUT2D eigenvalue weighted by Gasteiger charge is 2.08. The number of rotatable bonds is 6. The molecule has 0 saturated heterocycles. The van der Waals surface area contributed by atoms with Gasteiger partial charge in [0.1, 0.15) is 0 Å². The van der Waals surface area contributed by atoms with Gasteiger partial charge in [0, 0.05) is 11.8 Å². The van der Waals surface area contributed by atoms with E-state index in [1.54, 1.807) is 17.8 Å². The Labute approximate surface area is 83.8 Å². The van der Waals surface area contributed by atoms with Crippen LogP contribution in [0.25, 0.3) is 0 Å². The summed E-state index contributed by atoms with van der Waals surface area (Å²) in [5.41, 5.74) is 0. The molecule has 0 bridgehead atoms. The van der Waals surface area contributed by atoms with E-state index in [2.05, 4.69) is 4.72 Å². The number of hydrogen-bond acceptors (Lipinski definition) is 4. The molecule has 0 aliphatic heterocycles. The third-order valence-corrected chi connectivity index (χ3v) is 3.72. The highest BCUT2D eigenvalue weighted by molar-refractivity contribution is 7.99. The third kappa shape index (κ3) is 6.87. The Morgan fingerprint density at radius 3 is 2.69 bits per heavy atom. The summed E-state index contributed by atoms with van der Waals surface area (Å²) >= 11 is 1.69. The van der Waals surface area contributed by atoms with Gasteiger partial charge in [0.2, 0.25) is 10.0 Å². The maximum Gasteiger partial charge on any atom is 0.225 e. The molecule has 0 aromatic heterocycles. The molecule has 0 saturated carbocycles. The van der Waals surface area contributed by atoms with E-state index in [1.165, 1.54) is 0 Å². The van der Waals surface area contributed by atoms with E-state index in [-0.39, 0.29) is 0 Å². The molecule has 0 aromatic carbocycles. The molecule has 1 N–H and O–H groups in total. The van der Waals surface area contributed by atoms with Gasteiger partial charge in [0.25, 0.3) is 0 Å². The summed E-state index contributed by atoms with van der Waals surface area (Å²) in [4.78, 5) is 0. The summed E-state index contributed by atoms with van der Waals surface area (Å²) in [6.45, 7) is 2.44. The Morgan fingerprint density at radius 2 is 2.23 bits per heavy atom. The molecular weight excluding hydrogens is 208 g/mol. The van der Waals surface area contributed by atoms with E-state index < -0.39 is 15.8 Å². The normalized spacial score (nSPS) is 13.6. The van der Waals surface area contributed by atoms with E-state index in [0.29, 0.717) is 11.8 Å². The van der Waals surface area contributed by atoms with Gasteiger partial charge in [-0.25, -0.2) is 13.1 Å². The molecule has 0 aliphatic rings. The first-order valence-corrected chi connectivity index (χ1v) is 6.83. The van der Waals surface area contributed by atoms with Crippen LogP contribution in [0.3, 0.4) is 0 Å². The van der Waals surface area contributed by atoms with Gasteiger partial charge in [-0.05, 0) is 12.7 Å². The maximum absolute atomic E-state index is 11.0. The largest absolute Gasteiger partial charge is 0.225 e. The van der Waals surface area contributed by atoms with Gasteiger partial charge >= 0.3 is 0 Å². The number of sulfonamides is 1. The minimum Gasteiger partial charge on any atom is -0.214 e. The van der Waals surface area contributed by atoms with Crippen LogP contribution in [0.2, 0.25) is 0 Å². The van der Waals surface area contributed by atoms with Crippen molar-refractivity contribution >= 4 is 21.8 Å². The van der Waals surface area contributed by atoms with Crippen molar-refractivity contribution in [2.45, 2.75) is 18.6 Å². The second kappa shape index (κ2) is 6.24. The molecule has 1 atom stereocenters. The standard InChI is InChI=1S/C7H14N2O2S2/c1-7(12-2)3-5-9-13(10,11)6-4-8/h7,9H,3,5-6H2,1-2H3. The quantitative estimate of drug-likeness (QED) is 0.713. The first-order chi connectivity index (χ1) is 6.02. The number of hydrogen-bond donors (Lipinski definition) is 1. The molecule has 0 aliphatic carbocycles. The van der Waals surface area contributed by atoms with E-state index in [0.717, 1.165) is 6.42 Å². The zero-order valence-corrected chi connectivity index (χ0v) is 9.41. The fourth-order valence-electron chi connectivity index (χ4n) is 0.672. The fourth-order valence-corrected chi connectivity index (χ4v) is 1.73. The molecule has 0 radical (unpaired) electrons. The molecule has 6 heteroatoms. The van der Waals surface area contributed by atoms with Crippen LogP contribution in [-0.2, 0) is 10.0 Å². The Hall–Kier alpha value is -0.250. The number of nitriles is 1. The molecule has 0 rings (SSSR count). The van der Waals surface area contributed by atoms with Crippen molar-refractivity contribution < 1.29 is 8.42 Å².